The van der Waals surface area contributed by atoms with Gasteiger partial charge in [0.05, 0.1) is 0 Å². The average molecular weight is 197 g/mol. The lowest BCUT2D eigenvalue weighted by Crippen LogP contribution is -2.56. The van der Waals surface area contributed by atoms with Crippen LogP contribution >= 0.6 is 0 Å². The molecular weight excluding hydrogens is 174 g/mol. The minimum absolute atomic E-state index is 0.884. The molecule has 0 bridgehead atoms. The topological polar surface area (TPSA) is 18.5 Å². The van der Waals surface area contributed by atoms with Crippen LogP contribution in [0.25, 0.3) is 0 Å². The Bertz CT molecular complexity index is 169. The first-order chi connectivity index (χ1) is 6.75. The Hall–Kier alpha value is -0.120. The number of rotatable bonds is 3. The lowest BCUT2D eigenvalue weighted by atomic mass is 9.93. The van der Waals surface area contributed by atoms with Crippen LogP contribution in [0.2, 0.25) is 0 Å². The minimum Gasteiger partial charge on any atom is -0.317 e. The second-order valence-corrected chi connectivity index (χ2v) is 5.06. The monoisotopic (exact) mass is 197 g/mol. The summed E-state index contributed by atoms with van der Waals surface area (Å²) in [5, 5.41) is 3.43. The van der Waals surface area contributed by atoms with Crippen LogP contribution in [0.5, 0.6) is 0 Å². The highest BCUT2D eigenvalue weighted by atomic mass is 15.2. The predicted octanol–water partition coefficient (Wildman–Crippen LogP) is 0.232. The summed E-state index contributed by atoms with van der Waals surface area (Å²) >= 11 is 0. The summed E-state index contributed by atoms with van der Waals surface area (Å²) in [5.41, 5.74) is 0. The number of nitrogens with one attached hydrogen (secondary N) is 1. The lowest BCUT2D eigenvalue weighted by Gasteiger charge is -2.46. The van der Waals surface area contributed by atoms with Crippen molar-refractivity contribution in [3.63, 3.8) is 0 Å². The van der Waals surface area contributed by atoms with Gasteiger partial charge in [-0.05, 0) is 45.9 Å². The molecule has 0 aromatic carbocycles. The van der Waals surface area contributed by atoms with E-state index in [-0.39, 0.29) is 0 Å². The van der Waals surface area contributed by atoms with Gasteiger partial charge < -0.3 is 10.2 Å². The van der Waals surface area contributed by atoms with Gasteiger partial charge in [0.2, 0.25) is 0 Å². The van der Waals surface area contributed by atoms with E-state index in [4.69, 9.17) is 0 Å². The molecule has 0 aromatic rings. The van der Waals surface area contributed by atoms with Gasteiger partial charge in [0, 0.05) is 25.7 Å². The molecule has 2 aliphatic rings. The van der Waals surface area contributed by atoms with Crippen molar-refractivity contribution < 1.29 is 0 Å². The molecule has 2 saturated heterocycles. The van der Waals surface area contributed by atoms with Crippen molar-refractivity contribution in [2.45, 2.75) is 18.9 Å². The zero-order valence-corrected chi connectivity index (χ0v) is 9.50. The molecule has 3 nitrogen and oxygen atoms in total. The molecule has 0 saturated carbocycles. The Morgan fingerprint density at radius 2 is 1.86 bits per heavy atom. The molecule has 0 atom stereocenters. The van der Waals surface area contributed by atoms with E-state index >= 15 is 0 Å². The van der Waals surface area contributed by atoms with Crippen molar-refractivity contribution in [2.75, 3.05) is 46.8 Å². The molecular formula is C11H23N3. The molecule has 14 heavy (non-hydrogen) atoms. The predicted molar refractivity (Wildman–Crippen MR) is 59.5 cm³/mol. The van der Waals surface area contributed by atoms with Gasteiger partial charge in [0.25, 0.3) is 0 Å². The van der Waals surface area contributed by atoms with Gasteiger partial charge >= 0.3 is 0 Å². The largest absolute Gasteiger partial charge is 0.317 e. The number of hydrogen-bond donors (Lipinski definition) is 1. The molecule has 0 aromatic heterocycles. The summed E-state index contributed by atoms with van der Waals surface area (Å²) in [6, 6.07) is 0.884. The van der Waals surface area contributed by atoms with Gasteiger partial charge in [-0.2, -0.15) is 0 Å². The number of nitrogens with zero attached hydrogens (tertiary/aromatic N) is 2. The first kappa shape index (κ1) is 10.4. The van der Waals surface area contributed by atoms with Crippen molar-refractivity contribution >= 4 is 0 Å². The molecule has 0 unspecified atom stereocenters. The second kappa shape index (κ2) is 4.60. The van der Waals surface area contributed by atoms with E-state index in [0.717, 1.165) is 12.0 Å². The first-order valence-electron chi connectivity index (χ1n) is 5.85. The van der Waals surface area contributed by atoms with E-state index in [9.17, 15) is 0 Å². The summed E-state index contributed by atoms with van der Waals surface area (Å²) in [4.78, 5) is 4.99. The highest BCUT2D eigenvalue weighted by Gasteiger charge is 2.32. The summed E-state index contributed by atoms with van der Waals surface area (Å²) in [5.74, 6) is 0.930. The Kier molecular flexibility index (Phi) is 3.42. The third kappa shape index (κ3) is 2.47. The molecule has 82 valence electrons. The molecule has 2 rings (SSSR count). The smallest absolute Gasteiger partial charge is 0.0120 e. The molecule has 0 amide bonds. The van der Waals surface area contributed by atoms with Gasteiger partial charge in [0.1, 0.15) is 0 Å². The highest BCUT2D eigenvalue weighted by molar-refractivity contribution is 4.88. The van der Waals surface area contributed by atoms with E-state index < -0.39 is 0 Å². The van der Waals surface area contributed by atoms with E-state index in [1.54, 1.807) is 0 Å². The number of piperidine rings is 1. The van der Waals surface area contributed by atoms with Gasteiger partial charge in [0.15, 0.2) is 0 Å². The zero-order valence-electron chi connectivity index (χ0n) is 9.50. The average Bonchev–Trinajstić information content (AvgIpc) is 2.12. The summed E-state index contributed by atoms with van der Waals surface area (Å²) in [6.07, 6.45) is 2.71. The van der Waals surface area contributed by atoms with Gasteiger partial charge in [-0.25, -0.2) is 0 Å². The number of hydrogen-bond acceptors (Lipinski definition) is 3. The Labute approximate surface area is 87.4 Å². The third-order valence-electron chi connectivity index (χ3n) is 3.43. The summed E-state index contributed by atoms with van der Waals surface area (Å²) in [7, 11) is 4.35. The van der Waals surface area contributed by atoms with Crippen molar-refractivity contribution in [3.8, 4) is 0 Å². The maximum Gasteiger partial charge on any atom is 0.0120 e. The Morgan fingerprint density at radius 3 is 2.43 bits per heavy atom. The lowest BCUT2D eigenvalue weighted by molar-refractivity contribution is 0.0265. The van der Waals surface area contributed by atoms with E-state index in [1.165, 1.54) is 45.6 Å². The summed E-state index contributed by atoms with van der Waals surface area (Å²) in [6.45, 7) is 6.38. The van der Waals surface area contributed by atoms with Crippen LogP contribution in [0.4, 0.5) is 0 Å². The fourth-order valence-electron chi connectivity index (χ4n) is 2.71. The minimum atomic E-state index is 0.884. The number of likely N-dealkylation sites (tertiary alicyclic amines) is 1. The third-order valence-corrected chi connectivity index (χ3v) is 3.43. The van der Waals surface area contributed by atoms with E-state index in [2.05, 4.69) is 29.2 Å². The van der Waals surface area contributed by atoms with Crippen LogP contribution in [0, 0.1) is 5.92 Å². The van der Waals surface area contributed by atoms with Crippen LogP contribution in [-0.4, -0.2) is 62.7 Å². The fourth-order valence-corrected chi connectivity index (χ4v) is 2.71. The van der Waals surface area contributed by atoms with Gasteiger partial charge in [-0.15, -0.1) is 0 Å². The van der Waals surface area contributed by atoms with Crippen molar-refractivity contribution in [1.82, 2.24) is 15.1 Å². The molecule has 2 fully saturated rings. The molecule has 1 N–H and O–H groups in total. The molecule has 2 heterocycles. The van der Waals surface area contributed by atoms with E-state index in [0.29, 0.717) is 0 Å². The standard InChI is InChI=1S/C11H23N3/c1-13(2)7-10-8-14(9-10)11-3-5-12-6-4-11/h10-12H,3-9H2,1-2H3. The molecule has 2 aliphatic heterocycles. The normalized spacial score (nSPS) is 26.8. The van der Waals surface area contributed by atoms with Crippen LogP contribution in [-0.2, 0) is 0 Å². The fraction of sp³-hybridized carbons (Fsp3) is 1.00. The van der Waals surface area contributed by atoms with Crippen LogP contribution in [0.15, 0.2) is 0 Å². The van der Waals surface area contributed by atoms with Crippen LogP contribution in [0.1, 0.15) is 12.8 Å². The Morgan fingerprint density at radius 1 is 1.21 bits per heavy atom. The SMILES string of the molecule is CN(C)CC1CN(C2CCNCC2)C1. The molecule has 0 radical (unpaired) electrons. The molecule has 3 heteroatoms. The first-order valence-corrected chi connectivity index (χ1v) is 5.85. The highest BCUT2D eigenvalue weighted by Crippen LogP contribution is 2.23. The van der Waals surface area contributed by atoms with Crippen molar-refractivity contribution in [3.05, 3.63) is 0 Å². The molecule has 0 aliphatic carbocycles. The maximum atomic E-state index is 3.43. The van der Waals surface area contributed by atoms with Gasteiger partial charge in [-0.3, -0.25) is 4.90 Å². The van der Waals surface area contributed by atoms with E-state index in [1.807, 2.05) is 0 Å². The Balaban J connectivity index is 1.66. The van der Waals surface area contributed by atoms with Crippen LogP contribution < -0.4 is 5.32 Å². The second-order valence-electron chi connectivity index (χ2n) is 5.06. The zero-order chi connectivity index (χ0) is 9.97. The quantitative estimate of drug-likeness (QED) is 0.699. The summed E-state index contributed by atoms with van der Waals surface area (Å²) < 4.78 is 0. The van der Waals surface area contributed by atoms with Gasteiger partial charge in [-0.1, -0.05) is 0 Å². The maximum absolute atomic E-state index is 3.43. The molecule has 0 spiro atoms. The van der Waals surface area contributed by atoms with Crippen molar-refractivity contribution in [2.24, 2.45) is 5.92 Å². The van der Waals surface area contributed by atoms with Crippen LogP contribution in [0.3, 0.4) is 0 Å². The van der Waals surface area contributed by atoms with Crippen molar-refractivity contribution in [1.29, 1.82) is 0 Å².